The van der Waals surface area contributed by atoms with Gasteiger partial charge in [-0.1, -0.05) is 99.8 Å². The van der Waals surface area contributed by atoms with Gasteiger partial charge in [-0.2, -0.15) is 15.0 Å². The smallest absolute Gasteiger partial charge is 0.303 e. The van der Waals surface area contributed by atoms with E-state index >= 15 is 0 Å². The van der Waals surface area contributed by atoms with Crippen LogP contribution in [-0.4, -0.2) is 219 Å². The molecule has 2 aliphatic rings. The Kier molecular flexibility index (Phi) is 36.0. The standard InChI is InChI=1S/C61H103N17O10/c1-3-40-86-42-44-88-45-43-87-41-31-65-59-66-60(75-36-32-73(33-37-75)55(81)24-18-12-8-4-6-10-14-21-29-63-54(80)49-77-47-52(70-71-77)46-50(2)79)68-61(67-59)76-38-34-74(35-39-76)56(82)25-19-13-9-5-7-11-15-22-30-64-58(85)53(26-27-57(83)84)78-48-51(69-72-78)23-17-16-20-28-62/h1,47-48,50,53,79H,4-46,49,62H2,2H3,(H,63,80)(H,64,85)(H,83,84)(H,65,66,67,68)/t50-,53+/m1/s1. The van der Waals surface area contributed by atoms with Crippen molar-refractivity contribution < 1.29 is 48.4 Å². The van der Waals surface area contributed by atoms with Crippen LogP contribution in [0.5, 0.6) is 0 Å². The predicted molar refractivity (Wildman–Crippen MR) is 334 cm³/mol. The monoisotopic (exact) mass is 1230 g/mol. The summed E-state index contributed by atoms with van der Waals surface area (Å²) < 4.78 is 19.5. The van der Waals surface area contributed by atoms with E-state index in [2.05, 4.69) is 52.3 Å². The third-order valence-corrected chi connectivity index (χ3v) is 15.5. The fourth-order valence-corrected chi connectivity index (χ4v) is 10.5. The molecule has 0 bridgehead atoms. The first-order chi connectivity index (χ1) is 42.9. The van der Waals surface area contributed by atoms with E-state index in [1.807, 2.05) is 9.80 Å². The summed E-state index contributed by atoms with van der Waals surface area (Å²) in [6.45, 7) is 11.1. The number of aliphatic hydroxyl groups is 1. The molecule has 7 N–H and O–H groups in total. The van der Waals surface area contributed by atoms with Gasteiger partial charge in [-0.05, 0) is 64.8 Å². The van der Waals surface area contributed by atoms with Crippen LogP contribution in [0.1, 0.15) is 172 Å². The summed E-state index contributed by atoms with van der Waals surface area (Å²) in [7, 11) is 0. The number of ether oxygens (including phenoxy) is 3. The Morgan fingerprint density at radius 2 is 1.14 bits per heavy atom. The molecule has 492 valence electrons. The maximum atomic E-state index is 13.4. The number of carboxylic acids is 1. The Balaban J connectivity index is 0.948. The summed E-state index contributed by atoms with van der Waals surface area (Å²) in [6, 6.07) is -0.724. The second-order valence-electron chi connectivity index (χ2n) is 22.9. The zero-order chi connectivity index (χ0) is 62.8. The number of hydrogen-bond acceptors (Lipinski definition) is 20. The Morgan fingerprint density at radius 1 is 0.614 bits per heavy atom. The second-order valence-corrected chi connectivity index (χ2v) is 22.9. The molecule has 2 aliphatic heterocycles. The lowest BCUT2D eigenvalue weighted by Crippen LogP contribution is -2.50. The number of aliphatic hydroxyl groups excluding tert-OH is 1. The normalized spacial score (nSPS) is 14.2. The van der Waals surface area contributed by atoms with E-state index in [9.17, 15) is 34.2 Å². The molecule has 0 aromatic carbocycles. The van der Waals surface area contributed by atoms with Gasteiger partial charge in [-0.25, -0.2) is 9.36 Å². The maximum absolute atomic E-state index is 13.4. The largest absolute Gasteiger partial charge is 0.481 e. The number of terminal acetylenes is 1. The minimum absolute atomic E-state index is 0.103. The Labute approximate surface area is 520 Å². The van der Waals surface area contributed by atoms with Crippen molar-refractivity contribution in [3.63, 3.8) is 0 Å². The van der Waals surface area contributed by atoms with E-state index in [0.717, 1.165) is 134 Å². The molecule has 3 aromatic rings. The first-order valence-corrected chi connectivity index (χ1v) is 32.6. The summed E-state index contributed by atoms with van der Waals surface area (Å²) in [5.74, 6) is 2.99. The average molecular weight is 1230 g/mol. The lowest BCUT2D eigenvalue weighted by atomic mass is 10.1. The first kappa shape index (κ1) is 72.1. The number of nitrogens with zero attached hydrogens (tertiary/aromatic N) is 13. The summed E-state index contributed by atoms with van der Waals surface area (Å²) in [6.07, 6.45) is 29.4. The summed E-state index contributed by atoms with van der Waals surface area (Å²) in [5, 5.41) is 44.4. The van der Waals surface area contributed by atoms with Crippen LogP contribution in [0.2, 0.25) is 0 Å². The van der Waals surface area contributed by atoms with Crippen LogP contribution in [0, 0.1) is 12.3 Å². The Hall–Kier alpha value is -6.60. The number of rotatable bonds is 49. The molecule has 27 heteroatoms. The molecule has 88 heavy (non-hydrogen) atoms. The number of nitrogens with two attached hydrogens (primary N) is 1. The van der Waals surface area contributed by atoms with Gasteiger partial charge in [-0.15, -0.1) is 16.6 Å². The van der Waals surface area contributed by atoms with Gasteiger partial charge in [0.2, 0.25) is 41.5 Å². The van der Waals surface area contributed by atoms with Gasteiger partial charge in [0.25, 0.3) is 0 Å². The molecule has 2 saturated heterocycles. The SMILES string of the molecule is C#CCOCCOCCOCCNc1nc(N2CCN(C(=O)CCCCCCCCCCNC(=O)Cn3cc(C[C@@H](C)O)nn3)CC2)nc(N2CCN(C(=O)CCCCCCCCCCNC(=O)[C@H](CCC(=O)O)n3cc(CCCCCN)nn3)CC2)n1. The number of carbonyl (C=O) groups excluding carboxylic acids is 4. The average Bonchev–Trinajstić information content (AvgIpc) is 4.41. The number of carbonyl (C=O) groups is 5. The first-order valence-electron chi connectivity index (χ1n) is 32.6. The number of aliphatic carboxylic acids is 1. The van der Waals surface area contributed by atoms with E-state index in [0.29, 0.717) is 154 Å². The summed E-state index contributed by atoms with van der Waals surface area (Å²) >= 11 is 0. The van der Waals surface area contributed by atoms with Crippen LogP contribution in [-0.2, 0) is 57.6 Å². The number of aromatic nitrogens is 9. The van der Waals surface area contributed by atoms with Gasteiger partial charge in [0.1, 0.15) is 19.2 Å². The van der Waals surface area contributed by atoms with Crippen molar-refractivity contribution in [3.05, 3.63) is 23.8 Å². The van der Waals surface area contributed by atoms with E-state index in [1.165, 1.54) is 9.36 Å². The quantitative estimate of drug-likeness (QED) is 0.0342. The lowest BCUT2D eigenvalue weighted by Gasteiger charge is -2.36. The topological polar surface area (TPSA) is 329 Å². The van der Waals surface area contributed by atoms with Crippen LogP contribution in [0.15, 0.2) is 12.4 Å². The number of hydrogen-bond donors (Lipinski definition) is 6. The molecule has 2 atom stereocenters. The fourth-order valence-electron chi connectivity index (χ4n) is 10.5. The van der Waals surface area contributed by atoms with Gasteiger partial charge in [0.05, 0.1) is 50.5 Å². The van der Waals surface area contributed by atoms with Gasteiger partial charge in [0.15, 0.2) is 0 Å². The van der Waals surface area contributed by atoms with Crippen molar-refractivity contribution in [2.45, 2.75) is 186 Å². The number of nitrogens with one attached hydrogen (secondary N) is 3. The van der Waals surface area contributed by atoms with Gasteiger partial charge in [0, 0.05) is 110 Å². The molecule has 0 radical (unpaired) electrons. The van der Waals surface area contributed by atoms with E-state index < -0.39 is 18.1 Å². The molecule has 0 aliphatic carbocycles. The summed E-state index contributed by atoms with van der Waals surface area (Å²) in [5.41, 5.74) is 7.04. The highest BCUT2D eigenvalue weighted by atomic mass is 16.5. The minimum Gasteiger partial charge on any atom is -0.481 e. The number of carboxylic acid groups (broad SMARTS) is 1. The highest BCUT2D eigenvalue weighted by Gasteiger charge is 2.28. The number of unbranched alkanes of at least 4 members (excludes halogenated alkanes) is 16. The number of amides is 4. The molecular weight excluding hydrogens is 1130 g/mol. The molecule has 0 saturated carbocycles. The minimum atomic E-state index is -0.960. The van der Waals surface area contributed by atoms with Gasteiger partial charge >= 0.3 is 5.97 Å². The van der Waals surface area contributed by atoms with Crippen LogP contribution in [0.3, 0.4) is 0 Å². The van der Waals surface area contributed by atoms with E-state index in [-0.39, 0.29) is 49.6 Å². The zero-order valence-corrected chi connectivity index (χ0v) is 52.6. The van der Waals surface area contributed by atoms with Gasteiger partial charge in [-0.3, -0.25) is 24.0 Å². The van der Waals surface area contributed by atoms with Crippen molar-refractivity contribution in [1.29, 1.82) is 0 Å². The second kappa shape index (κ2) is 43.9. The third-order valence-electron chi connectivity index (χ3n) is 15.5. The summed E-state index contributed by atoms with van der Waals surface area (Å²) in [4.78, 5) is 86.1. The van der Waals surface area contributed by atoms with Gasteiger partial charge < -0.3 is 65.7 Å². The molecule has 27 nitrogen and oxygen atoms in total. The number of anilines is 3. The van der Waals surface area contributed by atoms with Crippen molar-refractivity contribution in [2.75, 3.05) is 133 Å². The Morgan fingerprint density at radius 3 is 1.69 bits per heavy atom. The zero-order valence-electron chi connectivity index (χ0n) is 52.6. The van der Waals surface area contributed by atoms with E-state index in [4.69, 9.17) is 41.3 Å². The van der Waals surface area contributed by atoms with Crippen molar-refractivity contribution >= 4 is 47.4 Å². The molecule has 0 unspecified atom stereocenters. The molecule has 0 spiro atoms. The molecule has 3 aromatic heterocycles. The number of aryl methyl sites for hydroxylation is 1. The van der Waals surface area contributed by atoms with Crippen molar-refractivity contribution in [1.82, 2.24) is 65.4 Å². The molecular formula is C61H103N17O10. The molecule has 5 heterocycles. The number of piperazine rings is 2. The van der Waals surface area contributed by atoms with Crippen LogP contribution < -0.4 is 31.5 Å². The van der Waals surface area contributed by atoms with Crippen LogP contribution in [0.4, 0.5) is 17.8 Å². The van der Waals surface area contributed by atoms with Crippen LogP contribution >= 0.6 is 0 Å². The highest BCUT2D eigenvalue weighted by Crippen LogP contribution is 2.22. The van der Waals surface area contributed by atoms with Crippen LogP contribution in [0.25, 0.3) is 0 Å². The highest BCUT2D eigenvalue weighted by molar-refractivity contribution is 5.81. The van der Waals surface area contributed by atoms with Crippen molar-refractivity contribution in [2.24, 2.45) is 5.73 Å². The lowest BCUT2D eigenvalue weighted by molar-refractivity contribution is -0.137. The third kappa shape index (κ3) is 30.1. The molecule has 2 fully saturated rings. The predicted octanol–water partition coefficient (Wildman–Crippen LogP) is 4.10. The van der Waals surface area contributed by atoms with Crippen molar-refractivity contribution in [3.8, 4) is 12.3 Å². The van der Waals surface area contributed by atoms with E-state index in [1.54, 1.807) is 19.3 Å². The molecule has 5 rings (SSSR count). The Bertz CT molecular complexity index is 2480. The molecule has 4 amide bonds. The maximum Gasteiger partial charge on any atom is 0.303 e. The fraction of sp³-hybridized carbons (Fsp3) is 0.770.